The van der Waals surface area contributed by atoms with Gasteiger partial charge in [0.25, 0.3) is 0 Å². The van der Waals surface area contributed by atoms with Crippen LogP contribution in [0.4, 0.5) is 0 Å². The minimum Gasteiger partial charge on any atom is -0.393 e. The number of hydrogen-bond donors (Lipinski definition) is 2. The van der Waals surface area contributed by atoms with Crippen molar-refractivity contribution in [3.05, 3.63) is 41.5 Å². The Balaban J connectivity index is 2.41. The van der Waals surface area contributed by atoms with E-state index < -0.39 is 0 Å². The van der Waals surface area contributed by atoms with E-state index in [0.717, 1.165) is 5.56 Å². The van der Waals surface area contributed by atoms with Crippen molar-refractivity contribution >= 4 is 12.0 Å². The largest absolute Gasteiger partial charge is 0.393 e. The number of carbonyl (C=O) groups excluding carboxylic acids is 1. The van der Waals surface area contributed by atoms with Crippen molar-refractivity contribution in [2.45, 2.75) is 45.6 Å². The number of nitrogens with one attached hydrogen (secondary N) is 1. The minimum atomic E-state index is -0.331. The second kappa shape index (κ2) is 8.54. The maximum absolute atomic E-state index is 11.6. The number of hydrogen-bond acceptors (Lipinski definition) is 2. The second-order valence-electron chi connectivity index (χ2n) is 5.30. The molecule has 1 unspecified atom stereocenters. The topological polar surface area (TPSA) is 49.3 Å². The van der Waals surface area contributed by atoms with Crippen LogP contribution in [0.5, 0.6) is 0 Å². The molecular formula is C17H25NO2. The van der Waals surface area contributed by atoms with Gasteiger partial charge in [0.15, 0.2) is 0 Å². The molecule has 0 saturated carbocycles. The summed E-state index contributed by atoms with van der Waals surface area (Å²) >= 11 is 0. The third-order valence-corrected chi connectivity index (χ3v) is 3.28. The summed E-state index contributed by atoms with van der Waals surface area (Å²) in [6.07, 6.45) is 4.31. The Kier molecular flexibility index (Phi) is 7.02. The van der Waals surface area contributed by atoms with E-state index in [4.69, 9.17) is 0 Å². The molecule has 1 aromatic rings. The predicted octanol–water partition coefficient (Wildman–Crippen LogP) is 3.10. The number of benzene rings is 1. The fraction of sp³-hybridized carbons (Fsp3) is 0.471. The van der Waals surface area contributed by atoms with Crippen LogP contribution < -0.4 is 5.32 Å². The van der Waals surface area contributed by atoms with E-state index in [1.807, 2.05) is 19.1 Å². The number of amides is 1. The van der Waals surface area contributed by atoms with Gasteiger partial charge >= 0.3 is 0 Å². The van der Waals surface area contributed by atoms with E-state index in [1.165, 1.54) is 11.6 Å². The van der Waals surface area contributed by atoms with E-state index in [1.54, 1.807) is 6.08 Å². The van der Waals surface area contributed by atoms with E-state index in [9.17, 15) is 9.90 Å². The van der Waals surface area contributed by atoms with Crippen molar-refractivity contribution < 1.29 is 9.90 Å². The van der Waals surface area contributed by atoms with Gasteiger partial charge in [-0.2, -0.15) is 0 Å². The van der Waals surface area contributed by atoms with Gasteiger partial charge in [0, 0.05) is 12.6 Å². The molecule has 0 radical (unpaired) electrons. The average molecular weight is 275 g/mol. The summed E-state index contributed by atoms with van der Waals surface area (Å²) in [4.78, 5) is 11.6. The van der Waals surface area contributed by atoms with Crippen LogP contribution in [0.1, 0.15) is 50.7 Å². The fourth-order valence-corrected chi connectivity index (χ4v) is 1.79. The molecule has 1 atom stereocenters. The van der Waals surface area contributed by atoms with Crippen LogP contribution in [-0.4, -0.2) is 23.7 Å². The zero-order valence-corrected chi connectivity index (χ0v) is 12.6. The third kappa shape index (κ3) is 6.02. The summed E-state index contributed by atoms with van der Waals surface area (Å²) in [5.41, 5.74) is 2.30. The number of aliphatic hydroxyl groups is 1. The maximum atomic E-state index is 11.6. The summed E-state index contributed by atoms with van der Waals surface area (Å²) in [6, 6.07) is 8.19. The number of aliphatic hydroxyl groups excluding tert-OH is 1. The predicted molar refractivity (Wildman–Crippen MR) is 83.5 cm³/mol. The summed E-state index contributed by atoms with van der Waals surface area (Å²) in [5, 5.41) is 12.1. The molecule has 20 heavy (non-hydrogen) atoms. The zero-order valence-electron chi connectivity index (χ0n) is 12.6. The Morgan fingerprint density at radius 2 is 1.95 bits per heavy atom. The van der Waals surface area contributed by atoms with Crippen molar-refractivity contribution in [2.24, 2.45) is 0 Å². The normalized spacial score (nSPS) is 12.8. The van der Waals surface area contributed by atoms with Crippen LogP contribution in [-0.2, 0) is 4.79 Å². The van der Waals surface area contributed by atoms with Gasteiger partial charge in [0.05, 0.1) is 6.10 Å². The molecule has 1 aromatic carbocycles. The standard InChI is InChI=1S/C17H25NO2/c1-4-16(19)11-12-18-17(20)10-7-14-5-8-15(9-6-14)13(2)3/h5-10,13,16,19H,4,11-12H2,1-3H3,(H,18,20)/b10-7+. The highest BCUT2D eigenvalue weighted by atomic mass is 16.3. The van der Waals surface area contributed by atoms with Crippen LogP contribution in [0.25, 0.3) is 6.08 Å². The Hall–Kier alpha value is -1.61. The first-order valence-electron chi connectivity index (χ1n) is 7.26. The van der Waals surface area contributed by atoms with E-state index in [0.29, 0.717) is 25.3 Å². The molecule has 2 N–H and O–H groups in total. The first kappa shape index (κ1) is 16.4. The molecule has 0 saturated heterocycles. The van der Waals surface area contributed by atoms with Crippen LogP contribution in [0.2, 0.25) is 0 Å². The number of rotatable bonds is 7. The molecule has 0 fully saturated rings. The minimum absolute atomic E-state index is 0.124. The zero-order chi connectivity index (χ0) is 15.0. The molecule has 0 bridgehead atoms. The number of carbonyl (C=O) groups is 1. The summed E-state index contributed by atoms with van der Waals surface area (Å²) in [7, 11) is 0. The molecule has 1 amide bonds. The molecule has 0 aliphatic carbocycles. The molecular weight excluding hydrogens is 250 g/mol. The van der Waals surface area contributed by atoms with Crippen molar-refractivity contribution in [3.63, 3.8) is 0 Å². The van der Waals surface area contributed by atoms with Gasteiger partial charge in [-0.1, -0.05) is 45.0 Å². The Morgan fingerprint density at radius 3 is 2.50 bits per heavy atom. The van der Waals surface area contributed by atoms with Crippen LogP contribution >= 0.6 is 0 Å². The van der Waals surface area contributed by atoms with Crippen LogP contribution in [0.15, 0.2) is 30.3 Å². The molecule has 0 heterocycles. The van der Waals surface area contributed by atoms with Crippen LogP contribution in [0.3, 0.4) is 0 Å². The van der Waals surface area contributed by atoms with Gasteiger partial charge in [0.2, 0.25) is 5.91 Å². The molecule has 0 aliphatic rings. The highest BCUT2D eigenvalue weighted by Crippen LogP contribution is 2.15. The van der Waals surface area contributed by atoms with Crippen molar-refractivity contribution in [2.75, 3.05) is 6.54 Å². The lowest BCUT2D eigenvalue weighted by molar-refractivity contribution is -0.116. The Bertz CT molecular complexity index is 435. The van der Waals surface area contributed by atoms with Gasteiger partial charge in [-0.15, -0.1) is 0 Å². The third-order valence-electron chi connectivity index (χ3n) is 3.28. The van der Waals surface area contributed by atoms with Crippen molar-refractivity contribution in [3.8, 4) is 0 Å². The maximum Gasteiger partial charge on any atom is 0.244 e. The second-order valence-corrected chi connectivity index (χ2v) is 5.30. The molecule has 0 aromatic heterocycles. The molecule has 0 aliphatic heterocycles. The van der Waals surface area contributed by atoms with E-state index in [-0.39, 0.29) is 12.0 Å². The fourth-order valence-electron chi connectivity index (χ4n) is 1.79. The van der Waals surface area contributed by atoms with Crippen molar-refractivity contribution in [1.82, 2.24) is 5.32 Å². The smallest absolute Gasteiger partial charge is 0.244 e. The van der Waals surface area contributed by atoms with Crippen molar-refractivity contribution in [1.29, 1.82) is 0 Å². The highest BCUT2D eigenvalue weighted by molar-refractivity contribution is 5.91. The van der Waals surface area contributed by atoms with Gasteiger partial charge in [-0.3, -0.25) is 4.79 Å². The summed E-state index contributed by atoms with van der Waals surface area (Å²) in [6.45, 7) is 6.74. The lowest BCUT2D eigenvalue weighted by Gasteiger charge is -2.07. The SMILES string of the molecule is CCC(O)CCNC(=O)/C=C/c1ccc(C(C)C)cc1. The highest BCUT2D eigenvalue weighted by Gasteiger charge is 2.01. The summed E-state index contributed by atoms with van der Waals surface area (Å²) in [5.74, 6) is 0.391. The van der Waals surface area contributed by atoms with Crippen LogP contribution in [0, 0.1) is 0 Å². The Labute approximate surface area is 121 Å². The molecule has 3 heteroatoms. The summed E-state index contributed by atoms with van der Waals surface area (Å²) < 4.78 is 0. The first-order chi connectivity index (χ1) is 9.52. The van der Waals surface area contributed by atoms with Gasteiger partial charge in [0.1, 0.15) is 0 Å². The average Bonchev–Trinajstić information content (AvgIpc) is 2.45. The first-order valence-corrected chi connectivity index (χ1v) is 7.26. The molecule has 0 spiro atoms. The molecule has 1 rings (SSSR count). The van der Waals surface area contributed by atoms with Gasteiger partial charge < -0.3 is 10.4 Å². The van der Waals surface area contributed by atoms with Gasteiger partial charge in [-0.25, -0.2) is 0 Å². The monoisotopic (exact) mass is 275 g/mol. The van der Waals surface area contributed by atoms with E-state index >= 15 is 0 Å². The van der Waals surface area contributed by atoms with E-state index in [2.05, 4.69) is 31.3 Å². The lowest BCUT2D eigenvalue weighted by atomic mass is 10.0. The molecule has 110 valence electrons. The Morgan fingerprint density at radius 1 is 1.30 bits per heavy atom. The van der Waals surface area contributed by atoms with Gasteiger partial charge in [-0.05, 0) is 36.0 Å². The quantitative estimate of drug-likeness (QED) is 0.751. The molecule has 3 nitrogen and oxygen atoms in total. The lowest BCUT2D eigenvalue weighted by Crippen LogP contribution is -2.25.